The van der Waals surface area contributed by atoms with E-state index in [-0.39, 0.29) is 11.6 Å². The van der Waals surface area contributed by atoms with Gasteiger partial charge in [0.15, 0.2) is 5.92 Å². The number of rotatable bonds is 5. The van der Waals surface area contributed by atoms with Crippen LogP contribution in [0, 0.1) is 11.3 Å². The van der Waals surface area contributed by atoms with Gasteiger partial charge in [-0.1, -0.05) is 41.7 Å². The van der Waals surface area contributed by atoms with Gasteiger partial charge in [-0.3, -0.25) is 4.79 Å². The van der Waals surface area contributed by atoms with Crippen LogP contribution in [0.2, 0.25) is 0 Å². The van der Waals surface area contributed by atoms with Crippen molar-refractivity contribution in [3.63, 3.8) is 0 Å². The van der Waals surface area contributed by atoms with E-state index in [1.807, 2.05) is 30.3 Å². The van der Waals surface area contributed by atoms with Crippen molar-refractivity contribution in [3.05, 3.63) is 35.3 Å². The van der Waals surface area contributed by atoms with Gasteiger partial charge >= 0.3 is 5.97 Å². The molecular weight excluding hydrogens is 290 g/mol. The molecule has 0 radical (unpaired) electrons. The molecule has 0 spiro atoms. The quantitative estimate of drug-likeness (QED) is 0.619. The van der Waals surface area contributed by atoms with Crippen LogP contribution in [0.1, 0.15) is 17.8 Å². The zero-order valence-corrected chi connectivity index (χ0v) is 12.0. The summed E-state index contributed by atoms with van der Waals surface area (Å²) in [6, 6.07) is 11.0. The average molecular weight is 301 g/mol. The monoisotopic (exact) mass is 301 g/mol. The van der Waals surface area contributed by atoms with Crippen LogP contribution in [0.5, 0.6) is 0 Å². The number of carbonyl (C=O) groups excluding carboxylic acids is 2. The number of esters is 1. The summed E-state index contributed by atoms with van der Waals surface area (Å²) in [7, 11) is 0. The van der Waals surface area contributed by atoms with E-state index in [2.05, 4.69) is 14.9 Å². The van der Waals surface area contributed by atoms with Crippen LogP contribution in [0.15, 0.2) is 30.3 Å². The Morgan fingerprint density at radius 1 is 1.33 bits per heavy atom. The van der Waals surface area contributed by atoms with Crippen molar-refractivity contribution in [1.29, 1.82) is 5.26 Å². The Morgan fingerprint density at radius 3 is 2.67 bits per heavy atom. The smallest absolute Gasteiger partial charge is 0.376 e. The summed E-state index contributed by atoms with van der Waals surface area (Å²) in [6.07, 6.45) is 0. The number of nitriles is 1. The summed E-state index contributed by atoms with van der Waals surface area (Å²) in [5.74, 6) is -3.23. The molecule has 0 amide bonds. The molecule has 7 heteroatoms. The predicted molar refractivity (Wildman–Crippen MR) is 75.3 cm³/mol. The highest BCUT2D eigenvalue weighted by Gasteiger charge is 2.31. The minimum Gasteiger partial charge on any atom is -0.460 e. The molecule has 0 bridgehead atoms. The van der Waals surface area contributed by atoms with Crippen LogP contribution in [0.3, 0.4) is 0 Å². The summed E-state index contributed by atoms with van der Waals surface area (Å²) in [4.78, 5) is 23.3. The lowest BCUT2D eigenvalue weighted by molar-refractivity contribution is -0.153. The predicted octanol–water partition coefficient (Wildman–Crippen LogP) is 1.94. The molecule has 0 saturated heterocycles. The number of ether oxygens (including phenoxy) is 1. The Hall–Kier alpha value is -2.59. The fourth-order valence-corrected chi connectivity index (χ4v) is 2.49. The van der Waals surface area contributed by atoms with E-state index in [0.717, 1.165) is 16.9 Å². The molecule has 0 aliphatic carbocycles. The Labute approximate surface area is 125 Å². The first-order chi connectivity index (χ1) is 10.2. The van der Waals surface area contributed by atoms with Gasteiger partial charge in [0.05, 0.1) is 12.7 Å². The maximum Gasteiger partial charge on any atom is 0.376 e. The maximum atomic E-state index is 11.9. The number of Topliss-reactive ketones (excluding diaryl/α,β-unsaturated/α-hetero) is 1. The summed E-state index contributed by atoms with van der Waals surface area (Å²) < 4.78 is 4.62. The first kappa shape index (κ1) is 14.8. The van der Waals surface area contributed by atoms with Crippen LogP contribution in [0.4, 0.5) is 0 Å². The lowest BCUT2D eigenvalue weighted by Crippen LogP contribution is -2.23. The van der Waals surface area contributed by atoms with E-state index < -0.39 is 17.7 Å². The molecule has 1 aromatic heterocycles. The third-order valence-corrected chi connectivity index (χ3v) is 3.61. The van der Waals surface area contributed by atoms with Crippen molar-refractivity contribution in [2.45, 2.75) is 12.8 Å². The van der Waals surface area contributed by atoms with Crippen LogP contribution < -0.4 is 0 Å². The number of aromatic nitrogens is 2. The lowest BCUT2D eigenvalue weighted by Gasteiger charge is -2.03. The average Bonchev–Trinajstić information content (AvgIpc) is 2.98. The molecule has 0 saturated carbocycles. The zero-order valence-electron chi connectivity index (χ0n) is 11.1. The number of ketones is 1. The third kappa shape index (κ3) is 3.30. The van der Waals surface area contributed by atoms with Gasteiger partial charge in [-0.2, -0.15) is 5.26 Å². The van der Waals surface area contributed by atoms with E-state index in [9.17, 15) is 9.59 Å². The second-order valence-electron chi connectivity index (χ2n) is 3.96. The number of benzene rings is 1. The van der Waals surface area contributed by atoms with Crippen molar-refractivity contribution >= 4 is 23.1 Å². The van der Waals surface area contributed by atoms with Crippen molar-refractivity contribution < 1.29 is 14.3 Å². The highest BCUT2D eigenvalue weighted by molar-refractivity contribution is 7.15. The van der Waals surface area contributed by atoms with E-state index in [0.29, 0.717) is 5.01 Å². The molecule has 0 aliphatic rings. The van der Waals surface area contributed by atoms with Crippen molar-refractivity contribution in [2.75, 3.05) is 6.61 Å². The number of hydrogen-bond donors (Lipinski definition) is 0. The van der Waals surface area contributed by atoms with Gasteiger partial charge in [-0.05, 0) is 6.92 Å². The van der Waals surface area contributed by atoms with Crippen molar-refractivity contribution in [1.82, 2.24) is 10.2 Å². The fourth-order valence-electron chi connectivity index (χ4n) is 1.59. The molecule has 0 N–H and O–H groups in total. The van der Waals surface area contributed by atoms with Gasteiger partial charge in [0.2, 0.25) is 0 Å². The third-order valence-electron chi connectivity index (χ3n) is 2.58. The largest absolute Gasteiger partial charge is 0.460 e. The number of hydrogen-bond acceptors (Lipinski definition) is 7. The van der Waals surface area contributed by atoms with E-state index in [4.69, 9.17) is 5.26 Å². The second-order valence-corrected chi connectivity index (χ2v) is 4.97. The molecular formula is C14H11N3O3S. The number of carbonyl (C=O) groups is 2. The van der Waals surface area contributed by atoms with Crippen LogP contribution in [-0.4, -0.2) is 28.6 Å². The van der Waals surface area contributed by atoms with Crippen LogP contribution >= 0.6 is 11.3 Å². The molecule has 1 aromatic carbocycles. The Bertz CT molecular complexity index is 691. The van der Waals surface area contributed by atoms with E-state index >= 15 is 0 Å². The Kier molecular flexibility index (Phi) is 4.74. The SMILES string of the molecule is CCOC(=O)C(=O)[C@H](C#N)c1nnc(-c2ccccc2)s1. The molecule has 2 aromatic rings. The molecule has 0 fully saturated rings. The van der Waals surface area contributed by atoms with Gasteiger partial charge in [-0.25, -0.2) is 4.79 Å². The topological polar surface area (TPSA) is 92.9 Å². The van der Waals surface area contributed by atoms with Gasteiger partial charge in [-0.15, -0.1) is 10.2 Å². The minimum atomic E-state index is -1.28. The lowest BCUT2D eigenvalue weighted by atomic mass is 10.1. The van der Waals surface area contributed by atoms with Crippen molar-refractivity contribution in [3.8, 4) is 16.6 Å². The molecule has 6 nitrogen and oxygen atoms in total. The minimum absolute atomic E-state index is 0.0775. The molecule has 0 aliphatic heterocycles. The normalized spacial score (nSPS) is 11.4. The van der Waals surface area contributed by atoms with Gasteiger partial charge in [0.1, 0.15) is 10.0 Å². The molecule has 0 unspecified atom stereocenters. The van der Waals surface area contributed by atoms with Crippen LogP contribution in [0.25, 0.3) is 10.6 Å². The van der Waals surface area contributed by atoms with Crippen LogP contribution in [-0.2, 0) is 14.3 Å². The summed E-state index contributed by atoms with van der Waals surface area (Å²) >= 11 is 1.11. The summed E-state index contributed by atoms with van der Waals surface area (Å²) in [5, 5.41) is 17.7. The van der Waals surface area contributed by atoms with E-state index in [1.165, 1.54) is 0 Å². The van der Waals surface area contributed by atoms with Gasteiger partial charge in [0.25, 0.3) is 5.78 Å². The summed E-state index contributed by atoms with van der Waals surface area (Å²) in [6.45, 7) is 1.67. The molecule has 21 heavy (non-hydrogen) atoms. The fraction of sp³-hybridized carbons (Fsp3) is 0.214. The zero-order chi connectivity index (χ0) is 15.2. The first-order valence-corrected chi connectivity index (χ1v) is 6.98. The standard InChI is InChI=1S/C14H11N3O3S/c1-2-20-14(19)11(18)10(8-15)13-17-16-12(21-13)9-6-4-3-5-7-9/h3-7,10H,2H2,1H3/t10-/m0/s1. The highest BCUT2D eigenvalue weighted by atomic mass is 32.1. The van der Waals surface area contributed by atoms with E-state index in [1.54, 1.807) is 13.0 Å². The second kappa shape index (κ2) is 6.72. The Morgan fingerprint density at radius 2 is 2.05 bits per heavy atom. The molecule has 2 rings (SSSR count). The Balaban J connectivity index is 2.25. The van der Waals surface area contributed by atoms with Gasteiger partial charge < -0.3 is 4.74 Å². The molecule has 106 valence electrons. The van der Waals surface area contributed by atoms with Gasteiger partial charge in [0, 0.05) is 5.56 Å². The first-order valence-electron chi connectivity index (χ1n) is 6.16. The highest BCUT2D eigenvalue weighted by Crippen LogP contribution is 2.28. The maximum absolute atomic E-state index is 11.9. The van der Waals surface area contributed by atoms with Crippen molar-refractivity contribution in [2.24, 2.45) is 0 Å². The molecule has 1 heterocycles. The molecule has 1 atom stereocenters. The number of nitrogens with zero attached hydrogens (tertiary/aromatic N) is 3. The summed E-state index contributed by atoms with van der Waals surface area (Å²) in [5.41, 5.74) is 0.835.